The number of hydrogen-bond acceptors (Lipinski definition) is 3. The molecule has 0 heterocycles. The number of carbonyl (C=O) groups excluding carboxylic acids is 1. The maximum Gasteiger partial charge on any atom is 0.319 e. The Bertz CT molecular complexity index is 411. The molecule has 0 aromatic heterocycles. The number of aliphatic hydroxyl groups excluding tert-OH is 1. The topological polar surface area (TPSA) is 101 Å². The van der Waals surface area contributed by atoms with E-state index in [1.54, 1.807) is 24.3 Å². The largest absolute Gasteiger partial charge is 0.480 e. The smallest absolute Gasteiger partial charge is 0.319 e. The van der Waals surface area contributed by atoms with Gasteiger partial charge in [0.1, 0.15) is 5.41 Å². The van der Waals surface area contributed by atoms with Gasteiger partial charge in [-0.2, -0.15) is 0 Å². The molecule has 0 saturated heterocycles. The highest BCUT2D eigenvalue weighted by Crippen LogP contribution is 2.23. The summed E-state index contributed by atoms with van der Waals surface area (Å²) in [6, 6.07) is 6.71. The highest BCUT2D eigenvalue weighted by molar-refractivity contribution is 6.00. The molecule has 5 nitrogen and oxygen atoms in total. The Hall–Kier alpha value is -1.88. The molecule has 0 bridgehead atoms. The number of carboxylic acids is 1. The maximum absolute atomic E-state index is 11.2. The highest BCUT2D eigenvalue weighted by atomic mass is 16.4. The summed E-state index contributed by atoms with van der Waals surface area (Å²) < 4.78 is 0. The fourth-order valence-corrected chi connectivity index (χ4v) is 1.44. The number of benzene rings is 1. The second-order valence-electron chi connectivity index (χ2n) is 4.15. The van der Waals surface area contributed by atoms with E-state index in [2.05, 4.69) is 0 Å². The van der Waals surface area contributed by atoms with E-state index in [1.165, 1.54) is 6.92 Å². The third-order valence-electron chi connectivity index (χ3n) is 2.78. The van der Waals surface area contributed by atoms with Crippen LogP contribution in [-0.4, -0.2) is 22.1 Å². The summed E-state index contributed by atoms with van der Waals surface area (Å²) in [6.45, 7) is 1.23. The van der Waals surface area contributed by atoms with Gasteiger partial charge in [-0.05, 0) is 24.5 Å². The third kappa shape index (κ3) is 2.82. The van der Waals surface area contributed by atoms with Gasteiger partial charge < -0.3 is 15.9 Å². The van der Waals surface area contributed by atoms with Gasteiger partial charge >= 0.3 is 5.97 Å². The summed E-state index contributed by atoms with van der Waals surface area (Å²) in [6.07, 6.45) is 0.0311. The van der Waals surface area contributed by atoms with E-state index in [4.69, 9.17) is 15.9 Å². The van der Waals surface area contributed by atoms with Crippen LogP contribution in [0.4, 0.5) is 0 Å². The average Bonchev–Trinajstić information content (AvgIpc) is 2.29. The number of carboxylic acid groups (broad SMARTS) is 1. The molecule has 0 fully saturated rings. The minimum Gasteiger partial charge on any atom is -0.480 e. The molecular formula is C12H15NO4. The molecule has 4 N–H and O–H groups in total. The Balaban J connectivity index is 2.94. The number of aliphatic hydroxyl groups is 1. The Morgan fingerprint density at radius 3 is 2.06 bits per heavy atom. The van der Waals surface area contributed by atoms with E-state index >= 15 is 0 Å². The minimum absolute atomic E-state index is 0.0311. The third-order valence-corrected chi connectivity index (χ3v) is 2.78. The predicted octanol–water partition coefficient (Wildman–Crippen LogP) is 0.298. The van der Waals surface area contributed by atoms with Crippen LogP contribution < -0.4 is 5.73 Å². The number of primary amides is 1. The predicted molar refractivity (Wildman–Crippen MR) is 61.0 cm³/mol. The molecule has 5 heteroatoms. The Morgan fingerprint density at radius 2 is 1.71 bits per heavy atom. The van der Waals surface area contributed by atoms with E-state index in [1.807, 2.05) is 0 Å². The lowest BCUT2D eigenvalue weighted by atomic mass is 9.83. The lowest BCUT2D eigenvalue weighted by Crippen LogP contribution is -2.43. The molecule has 1 amide bonds. The van der Waals surface area contributed by atoms with Crippen molar-refractivity contribution in [1.82, 2.24) is 0 Å². The zero-order valence-electron chi connectivity index (χ0n) is 9.51. The van der Waals surface area contributed by atoms with E-state index in [-0.39, 0.29) is 13.0 Å². The van der Waals surface area contributed by atoms with Gasteiger partial charge in [-0.25, -0.2) is 0 Å². The lowest BCUT2D eigenvalue weighted by Gasteiger charge is -2.20. The van der Waals surface area contributed by atoms with Gasteiger partial charge in [-0.15, -0.1) is 0 Å². The molecule has 1 aromatic rings. The van der Waals surface area contributed by atoms with Crippen molar-refractivity contribution in [3.8, 4) is 0 Å². The maximum atomic E-state index is 11.2. The van der Waals surface area contributed by atoms with Crippen LogP contribution in [0.25, 0.3) is 0 Å². The second kappa shape index (κ2) is 4.97. The molecule has 0 spiro atoms. The molecule has 1 atom stereocenters. The van der Waals surface area contributed by atoms with Gasteiger partial charge in [-0.1, -0.05) is 24.3 Å². The number of carbonyl (C=O) groups is 2. The normalized spacial score (nSPS) is 14.0. The van der Waals surface area contributed by atoms with Crippen molar-refractivity contribution < 1.29 is 19.8 Å². The first-order chi connectivity index (χ1) is 7.90. The molecule has 92 valence electrons. The van der Waals surface area contributed by atoms with E-state index in [9.17, 15) is 9.59 Å². The van der Waals surface area contributed by atoms with Crippen LogP contribution in [0.3, 0.4) is 0 Å². The van der Waals surface area contributed by atoms with Gasteiger partial charge in [0, 0.05) is 0 Å². The summed E-state index contributed by atoms with van der Waals surface area (Å²) in [5, 5.41) is 17.9. The van der Waals surface area contributed by atoms with Gasteiger partial charge in [0.25, 0.3) is 0 Å². The van der Waals surface area contributed by atoms with Gasteiger partial charge in [0.15, 0.2) is 0 Å². The SMILES string of the molecule is CC(Cc1ccc(CO)cc1)(C(N)=O)C(=O)O. The fourth-order valence-electron chi connectivity index (χ4n) is 1.44. The Kier molecular flexibility index (Phi) is 3.85. The van der Waals surface area contributed by atoms with E-state index < -0.39 is 17.3 Å². The van der Waals surface area contributed by atoms with Crippen LogP contribution in [0.2, 0.25) is 0 Å². The number of hydrogen-bond donors (Lipinski definition) is 3. The molecule has 1 rings (SSSR count). The second-order valence-corrected chi connectivity index (χ2v) is 4.15. The molecule has 0 aliphatic heterocycles. The Morgan fingerprint density at radius 1 is 1.24 bits per heavy atom. The average molecular weight is 237 g/mol. The van der Waals surface area contributed by atoms with Crippen LogP contribution in [0.5, 0.6) is 0 Å². The fraction of sp³-hybridized carbons (Fsp3) is 0.333. The molecule has 17 heavy (non-hydrogen) atoms. The summed E-state index contributed by atoms with van der Waals surface area (Å²) in [5.41, 5.74) is 4.92. The molecule has 0 aliphatic rings. The molecule has 1 unspecified atom stereocenters. The van der Waals surface area contributed by atoms with E-state index in [0.29, 0.717) is 5.56 Å². The van der Waals surface area contributed by atoms with Crippen molar-refractivity contribution >= 4 is 11.9 Å². The number of rotatable bonds is 5. The van der Waals surface area contributed by atoms with Crippen molar-refractivity contribution in [2.75, 3.05) is 0 Å². The van der Waals surface area contributed by atoms with Crippen LogP contribution in [0, 0.1) is 5.41 Å². The first-order valence-corrected chi connectivity index (χ1v) is 5.12. The van der Waals surface area contributed by atoms with Gasteiger partial charge in [0.05, 0.1) is 6.61 Å². The van der Waals surface area contributed by atoms with Crippen LogP contribution in [-0.2, 0) is 22.6 Å². The Labute approximate surface area is 98.9 Å². The first kappa shape index (κ1) is 13.2. The van der Waals surface area contributed by atoms with Gasteiger partial charge in [-0.3, -0.25) is 9.59 Å². The zero-order chi connectivity index (χ0) is 13.1. The summed E-state index contributed by atoms with van der Waals surface area (Å²) in [7, 11) is 0. The monoisotopic (exact) mass is 237 g/mol. The van der Waals surface area contributed by atoms with Crippen LogP contribution in [0.15, 0.2) is 24.3 Å². The number of aliphatic carboxylic acids is 1. The van der Waals surface area contributed by atoms with E-state index in [0.717, 1.165) is 5.56 Å². The van der Waals surface area contributed by atoms with Crippen molar-refractivity contribution in [3.05, 3.63) is 35.4 Å². The zero-order valence-corrected chi connectivity index (χ0v) is 9.51. The van der Waals surface area contributed by atoms with Crippen LogP contribution in [0.1, 0.15) is 18.1 Å². The highest BCUT2D eigenvalue weighted by Gasteiger charge is 2.39. The van der Waals surface area contributed by atoms with Crippen molar-refractivity contribution in [1.29, 1.82) is 0 Å². The molecule has 0 radical (unpaired) electrons. The van der Waals surface area contributed by atoms with Crippen molar-refractivity contribution in [3.63, 3.8) is 0 Å². The minimum atomic E-state index is -1.61. The number of nitrogens with two attached hydrogens (primary N) is 1. The first-order valence-electron chi connectivity index (χ1n) is 5.12. The molecule has 0 aliphatic carbocycles. The van der Waals surface area contributed by atoms with Crippen molar-refractivity contribution in [2.45, 2.75) is 20.0 Å². The standard InChI is InChI=1S/C12H15NO4/c1-12(10(13)15,11(16)17)6-8-2-4-9(7-14)5-3-8/h2-5,14H,6-7H2,1H3,(H2,13,15)(H,16,17). The summed E-state index contributed by atoms with van der Waals surface area (Å²) in [5.74, 6) is -2.10. The summed E-state index contributed by atoms with van der Waals surface area (Å²) in [4.78, 5) is 22.2. The number of amides is 1. The molecule has 0 saturated carbocycles. The van der Waals surface area contributed by atoms with Crippen molar-refractivity contribution in [2.24, 2.45) is 11.1 Å². The summed E-state index contributed by atoms with van der Waals surface area (Å²) >= 11 is 0. The lowest BCUT2D eigenvalue weighted by molar-refractivity contribution is -0.153. The van der Waals surface area contributed by atoms with Crippen LogP contribution >= 0.6 is 0 Å². The quantitative estimate of drug-likeness (QED) is 0.641. The molecular weight excluding hydrogens is 222 g/mol. The van der Waals surface area contributed by atoms with Gasteiger partial charge in [0.2, 0.25) is 5.91 Å². The molecule has 1 aromatic carbocycles.